The van der Waals surface area contributed by atoms with Gasteiger partial charge >= 0.3 is 0 Å². The van der Waals surface area contributed by atoms with Crippen molar-refractivity contribution in [1.82, 2.24) is 0 Å². The lowest BCUT2D eigenvalue weighted by Gasteiger charge is -2.13. The molecule has 0 saturated carbocycles. The summed E-state index contributed by atoms with van der Waals surface area (Å²) in [5, 5.41) is 5.63. The number of amides is 1. The number of fused-ring (bicyclic) bond motifs is 1. The van der Waals surface area contributed by atoms with E-state index >= 15 is 0 Å². The molecule has 1 unspecified atom stereocenters. The number of carbonyl (C=O) groups excluding carboxylic acids is 1. The number of hydrogen-bond donors (Lipinski definition) is 2. The molecule has 3 rings (SSSR count). The second-order valence-electron chi connectivity index (χ2n) is 4.42. The third kappa shape index (κ3) is 2.20. The smallest absolute Gasteiger partial charge is 0.251 e. The first kappa shape index (κ1) is 12.9. The second-order valence-corrected chi connectivity index (χ2v) is 4.86. The van der Waals surface area contributed by atoms with Gasteiger partial charge in [0.1, 0.15) is 17.7 Å². The maximum Gasteiger partial charge on any atom is 0.251 e. The Labute approximate surface area is 118 Å². The molecule has 1 atom stereocenters. The van der Waals surface area contributed by atoms with E-state index in [0.29, 0.717) is 11.3 Å². The summed E-state index contributed by atoms with van der Waals surface area (Å²) in [4.78, 5) is 11.9. The van der Waals surface area contributed by atoms with Crippen molar-refractivity contribution in [3.05, 3.63) is 58.6 Å². The van der Waals surface area contributed by atoms with E-state index in [4.69, 9.17) is 11.6 Å². The topological polar surface area (TPSA) is 41.1 Å². The Bertz CT molecular complexity index is 706. The van der Waals surface area contributed by atoms with Gasteiger partial charge in [-0.15, -0.1) is 0 Å². The highest BCUT2D eigenvalue weighted by molar-refractivity contribution is 6.30. The average molecular weight is 295 g/mol. The summed E-state index contributed by atoms with van der Waals surface area (Å²) in [6.07, 6.45) is 0. The Morgan fingerprint density at radius 1 is 1.15 bits per heavy atom. The predicted octanol–water partition coefficient (Wildman–Crippen LogP) is 3.72. The van der Waals surface area contributed by atoms with E-state index in [-0.39, 0.29) is 16.6 Å². The summed E-state index contributed by atoms with van der Waals surface area (Å²) in [6.45, 7) is 0. The quantitative estimate of drug-likeness (QED) is 0.886. The molecule has 0 aromatic heterocycles. The zero-order chi connectivity index (χ0) is 14.3. The Balaban J connectivity index is 1.95. The SMILES string of the molecule is O=C1Nc2ccc(F)cc2C1Nc1ccc(Cl)cc1F. The Hall–Kier alpha value is -2.14. The first-order valence-electron chi connectivity index (χ1n) is 5.86. The predicted molar refractivity (Wildman–Crippen MR) is 72.8 cm³/mol. The van der Waals surface area contributed by atoms with Crippen molar-refractivity contribution in [2.24, 2.45) is 0 Å². The molecule has 2 aromatic rings. The van der Waals surface area contributed by atoms with Gasteiger partial charge in [0.25, 0.3) is 5.91 Å². The number of nitrogens with one attached hydrogen (secondary N) is 2. The third-order valence-corrected chi connectivity index (χ3v) is 3.31. The summed E-state index contributed by atoms with van der Waals surface area (Å²) in [5.41, 5.74) is 1.10. The lowest BCUT2D eigenvalue weighted by Crippen LogP contribution is -2.20. The van der Waals surface area contributed by atoms with Gasteiger partial charge in [-0.3, -0.25) is 4.79 Å². The molecule has 1 aliphatic rings. The lowest BCUT2D eigenvalue weighted by atomic mass is 10.1. The van der Waals surface area contributed by atoms with Crippen LogP contribution in [-0.2, 0) is 4.79 Å². The fourth-order valence-corrected chi connectivity index (χ4v) is 2.30. The van der Waals surface area contributed by atoms with Gasteiger partial charge < -0.3 is 10.6 Å². The highest BCUT2D eigenvalue weighted by Crippen LogP contribution is 2.34. The number of carbonyl (C=O) groups is 1. The molecule has 0 radical (unpaired) electrons. The van der Waals surface area contributed by atoms with Crippen LogP contribution < -0.4 is 10.6 Å². The van der Waals surface area contributed by atoms with Crippen molar-refractivity contribution in [2.75, 3.05) is 10.6 Å². The van der Waals surface area contributed by atoms with Crippen LogP contribution in [0, 0.1) is 11.6 Å². The van der Waals surface area contributed by atoms with Gasteiger partial charge in [-0.05, 0) is 36.4 Å². The third-order valence-electron chi connectivity index (χ3n) is 3.08. The molecule has 3 nitrogen and oxygen atoms in total. The molecule has 2 N–H and O–H groups in total. The van der Waals surface area contributed by atoms with Gasteiger partial charge in [-0.1, -0.05) is 11.6 Å². The minimum Gasteiger partial charge on any atom is -0.368 e. The Morgan fingerprint density at radius 2 is 1.95 bits per heavy atom. The average Bonchev–Trinajstić information content (AvgIpc) is 2.69. The standard InChI is InChI=1S/C14H9ClF2N2O/c15-7-1-3-12(10(17)5-7)18-13-9-6-8(16)2-4-11(9)19-14(13)20/h1-6,13,18H,(H,19,20). The van der Waals surface area contributed by atoms with Crippen LogP contribution in [0.25, 0.3) is 0 Å². The highest BCUT2D eigenvalue weighted by atomic mass is 35.5. The normalized spacial score (nSPS) is 16.8. The molecule has 0 aliphatic carbocycles. The van der Waals surface area contributed by atoms with Gasteiger partial charge in [0.05, 0.1) is 5.69 Å². The van der Waals surface area contributed by atoms with Crippen LogP contribution in [0.1, 0.15) is 11.6 Å². The van der Waals surface area contributed by atoms with Crippen LogP contribution in [0.2, 0.25) is 5.02 Å². The summed E-state index contributed by atoms with van der Waals surface area (Å²) in [7, 11) is 0. The van der Waals surface area contributed by atoms with Crippen molar-refractivity contribution < 1.29 is 13.6 Å². The molecule has 20 heavy (non-hydrogen) atoms. The molecular weight excluding hydrogens is 286 g/mol. The van der Waals surface area contributed by atoms with Crippen LogP contribution in [0.15, 0.2) is 36.4 Å². The van der Waals surface area contributed by atoms with Crippen LogP contribution in [-0.4, -0.2) is 5.91 Å². The fourth-order valence-electron chi connectivity index (χ4n) is 2.14. The van der Waals surface area contributed by atoms with Crippen molar-refractivity contribution in [2.45, 2.75) is 6.04 Å². The van der Waals surface area contributed by atoms with E-state index in [1.165, 1.54) is 30.3 Å². The van der Waals surface area contributed by atoms with Crippen LogP contribution in [0.3, 0.4) is 0 Å². The Morgan fingerprint density at radius 3 is 2.70 bits per heavy atom. The molecule has 1 heterocycles. The Kier molecular flexibility index (Phi) is 3.06. The first-order valence-corrected chi connectivity index (χ1v) is 6.24. The van der Waals surface area contributed by atoms with Crippen LogP contribution in [0.5, 0.6) is 0 Å². The molecule has 1 amide bonds. The highest BCUT2D eigenvalue weighted by Gasteiger charge is 2.31. The molecule has 0 bridgehead atoms. The second kappa shape index (κ2) is 4.76. The van der Waals surface area contributed by atoms with Crippen LogP contribution in [0.4, 0.5) is 20.2 Å². The fraction of sp³-hybridized carbons (Fsp3) is 0.0714. The van der Waals surface area contributed by atoms with Gasteiger partial charge in [0.2, 0.25) is 0 Å². The van der Waals surface area contributed by atoms with Crippen molar-refractivity contribution in [3.63, 3.8) is 0 Å². The van der Waals surface area contributed by atoms with Gasteiger partial charge in [0, 0.05) is 16.3 Å². The number of hydrogen-bond acceptors (Lipinski definition) is 2. The van der Waals surface area contributed by atoms with E-state index in [0.717, 1.165) is 6.07 Å². The number of anilines is 2. The molecule has 0 fully saturated rings. The van der Waals surface area contributed by atoms with E-state index in [1.807, 2.05) is 0 Å². The minimum absolute atomic E-state index is 0.131. The molecule has 0 saturated heterocycles. The maximum atomic E-state index is 13.7. The monoisotopic (exact) mass is 294 g/mol. The first-order chi connectivity index (χ1) is 9.54. The zero-order valence-corrected chi connectivity index (χ0v) is 10.8. The largest absolute Gasteiger partial charge is 0.368 e. The number of halogens is 3. The minimum atomic E-state index is -0.837. The zero-order valence-electron chi connectivity index (χ0n) is 10.1. The summed E-state index contributed by atoms with van der Waals surface area (Å²) in [6, 6.07) is 7.22. The van der Waals surface area contributed by atoms with Crippen molar-refractivity contribution in [1.29, 1.82) is 0 Å². The molecule has 6 heteroatoms. The van der Waals surface area contributed by atoms with Crippen molar-refractivity contribution >= 4 is 28.9 Å². The van der Waals surface area contributed by atoms with E-state index in [9.17, 15) is 13.6 Å². The number of rotatable bonds is 2. The molecular formula is C14H9ClF2N2O. The molecule has 0 spiro atoms. The van der Waals surface area contributed by atoms with Crippen LogP contribution >= 0.6 is 11.6 Å². The summed E-state index contributed by atoms with van der Waals surface area (Å²) >= 11 is 5.67. The number of benzene rings is 2. The summed E-state index contributed by atoms with van der Waals surface area (Å²) < 4.78 is 27.0. The summed E-state index contributed by atoms with van der Waals surface area (Å²) in [5.74, 6) is -1.39. The van der Waals surface area contributed by atoms with Gasteiger partial charge in [0.15, 0.2) is 0 Å². The van der Waals surface area contributed by atoms with Gasteiger partial charge in [-0.2, -0.15) is 0 Å². The molecule has 1 aliphatic heterocycles. The molecule has 102 valence electrons. The van der Waals surface area contributed by atoms with Gasteiger partial charge in [-0.25, -0.2) is 8.78 Å². The van der Waals surface area contributed by atoms with E-state index in [1.54, 1.807) is 0 Å². The van der Waals surface area contributed by atoms with E-state index in [2.05, 4.69) is 10.6 Å². The molecule has 2 aromatic carbocycles. The van der Waals surface area contributed by atoms with E-state index < -0.39 is 17.7 Å². The maximum absolute atomic E-state index is 13.7. The lowest BCUT2D eigenvalue weighted by molar-refractivity contribution is -0.116. The van der Waals surface area contributed by atoms with Crippen molar-refractivity contribution in [3.8, 4) is 0 Å².